The third kappa shape index (κ3) is 5.40. The van der Waals surface area contributed by atoms with Crippen molar-refractivity contribution in [3.05, 3.63) is 92.1 Å². The van der Waals surface area contributed by atoms with Crippen LogP contribution in [0, 0.1) is 23.4 Å². The van der Waals surface area contributed by atoms with Gasteiger partial charge in [-0.05, 0) is 55.9 Å². The molecule has 0 bridgehead atoms. The molecular weight excluding hydrogens is 533 g/mol. The Bertz CT molecular complexity index is 1550. The number of carbonyl (C=O) groups excluding carboxylic acids is 2. The van der Waals surface area contributed by atoms with Crippen LogP contribution in [0.5, 0.6) is 0 Å². The molecule has 12 heteroatoms. The number of carbonyl (C=O) groups is 2. The third-order valence-electron chi connectivity index (χ3n) is 7.68. The summed E-state index contributed by atoms with van der Waals surface area (Å²) in [6.07, 6.45) is 4.32. The highest BCUT2D eigenvalue weighted by atomic mass is 19.2. The number of benzene rings is 1. The number of esters is 2. The van der Waals surface area contributed by atoms with Gasteiger partial charge in [0.15, 0.2) is 11.6 Å². The van der Waals surface area contributed by atoms with Gasteiger partial charge in [0.1, 0.15) is 25.4 Å². The molecule has 0 unspecified atom stereocenters. The fourth-order valence-electron chi connectivity index (χ4n) is 5.30. The van der Waals surface area contributed by atoms with E-state index in [2.05, 4.69) is 6.58 Å². The average molecular weight is 561 g/mol. The van der Waals surface area contributed by atoms with E-state index >= 15 is 0 Å². The van der Waals surface area contributed by atoms with Gasteiger partial charge >= 0.3 is 17.6 Å². The molecule has 2 aliphatic heterocycles. The molecule has 1 aliphatic carbocycles. The molecule has 40 heavy (non-hydrogen) atoms. The van der Waals surface area contributed by atoms with Gasteiger partial charge in [0.05, 0.1) is 18.3 Å². The molecule has 9 nitrogen and oxygen atoms in total. The standard InChI is InChI=1S/C28H27F3N2O7/c1-15-18-7-5-16(4-3-9-28(2)24(40-28)23(18)39-26(15)36)14-38-22(34)13-32-12-21(31)25(35)33(27(32)37)11-17-6-8-19(29)20(30)10-17/h4,6,8,10,12,18,23-24H,1,3,5,7,9,11,13-14H2,2H3/b16-4+/t18-,23-,24-,28+/m0/s1. The minimum atomic E-state index is -1.30. The number of epoxide rings is 1. The molecule has 0 radical (unpaired) electrons. The number of halogens is 3. The summed E-state index contributed by atoms with van der Waals surface area (Å²) in [7, 11) is 0. The van der Waals surface area contributed by atoms with Gasteiger partial charge in [-0.1, -0.05) is 18.7 Å². The van der Waals surface area contributed by atoms with E-state index in [4.69, 9.17) is 14.2 Å². The van der Waals surface area contributed by atoms with Crippen LogP contribution in [0.25, 0.3) is 0 Å². The minimum absolute atomic E-state index is 0.0526. The van der Waals surface area contributed by atoms with Crippen molar-refractivity contribution in [3.8, 4) is 0 Å². The molecule has 2 saturated heterocycles. The van der Waals surface area contributed by atoms with Gasteiger partial charge in [-0.2, -0.15) is 4.39 Å². The van der Waals surface area contributed by atoms with E-state index in [-0.39, 0.29) is 24.2 Å². The molecule has 2 fully saturated rings. The quantitative estimate of drug-likeness (QED) is 0.231. The number of nitrogens with zero attached hydrogens (tertiary/aromatic N) is 2. The number of allylic oxidation sites excluding steroid dienone is 1. The van der Waals surface area contributed by atoms with Gasteiger partial charge in [-0.25, -0.2) is 18.4 Å². The molecule has 0 amide bonds. The van der Waals surface area contributed by atoms with Crippen molar-refractivity contribution in [2.24, 2.45) is 5.92 Å². The number of fused-ring (bicyclic) bond motifs is 3. The van der Waals surface area contributed by atoms with Crippen LogP contribution >= 0.6 is 0 Å². The Morgan fingerprint density at radius 1 is 1.18 bits per heavy atom. The van der Waals surface area contributed by atoms with Crippen LogP contribution in [-0.2, 0) is 36.9 Å². The monoisotopic (exact) mass is 560 g/mol. The number of hydrogen-bond acceptors (Lipinski definition) is 7. The minimum Gasteiger partial charge on any atom is -0.460 e. The van der Waals surface area contributed by atoms with Crippen molar-refractivity contribution in [2.45, 2.75) is 63.5 Å². The first-order valence-corrected chi connectivity index (χ1v) is 12.8. The van der Waals surface area contributed by atoms with Gasteiger partial charge in [0.2, 0.25) is 5.82 Å². The highest BCUT2D eigenvalue weighted by molar-refractivity contribution is 5.91. The van der Waals surface area contributed by atoms with Crippen molar-refractivity contribution < 1.29 is 37.0 Å². The van der Waals surface area contributed by atoms with E-state index in [1.807, 2.05) is 13.0 Å². The van der Waals surface area contributed by atoms with E-state index in [9.17, 15) is 32.3 Å². The van der Waals surface area contributed by atoms with Crippen LogP contribution in [0.2, 0.25) is 0 Å². The second kappa shape index (κ2) is 10.6. The second-order valence-electron chi connectivity index (χ2n) is 10.5. The van der Waals surface area contributed by atoms with E-state index in [1.54, 1.807) is 0 Å². The summed E-state index contributed by atoms with van der Waals surface area (Å²) in [5.41, 5.74) is -1.47. The Morgan fingerprint density at radius 2 is 1.95 bits per heavy atom. The third-order valence-corrected chi connectivity index (χ3v) is 7.68. The van der Waals surface area contributed by atoms with Crippen LogP contribution in [0.15, 0.2) is 57.8 Å². The molecule has 2 aromatic rings. The van der Waals surface area contributed by atoms with E-state index in [1.165, 1.54) is 0 Å². The highest BCUT2D eigenvalue weighted by Crippen LogP contribution is 2.49. The van der Waals surface area contributed by atoms with Gasteiger partial charge < -0.3 is 14.2 Å². The molecule has 3 heterocycles. The van der Waals surface area contributed by atoms with Gasteiger partial charge in [-0.15, -0.1) is 0 Å². The zero-order valence-electron chi connectivity index (χ0n) is 21.7. The lowest BCUT2D eigenvalue weighted by Gasteiger charge is -2.20. The molecule has 1 aromatic heterocycles. The number of hydrogen-bond donors (Lipinski definition) is 0. The molecular formula is C28H27F3N2O7. The Morgan fingerprint density at radius 3 is 2.70 bits per heavy atom. The molecule has 3 aliphatic rings. The van der Waals surface area contributed by atoms with Gasteiger partial charge in [-0.3, -0.25) is 18.7 Å². The highest BCUT2D eigenvalue weighted by Gasteiger charge is 2.61. The Balaban J connectivity index is 1.26. The van der Waals surface area contributed by atoms with Gasteiger partial charge in [0, 0.05) is 11.5 Å². The second-order valence-corrected chi connectivity index (χ2v) is 10.5. The van der Waals surface area contributed by atoms with E-state index in [0.717, 1.165) is 23.8 Å². The fraction of sp³-hybridized carbons (Fsp3) is 0.429. The molecule has 5 rings (SSSR count). The first kappa shape index (κ1) is 27.6. The predicted octanol–water partition coefficient (Wildman–Crippen LogP) is 2.77. The van der Waals surface area contributed by atoms with Crippen molar-refractivity contribution in [1.29, 1.82) is 0 Å². The molecule has 0 saturated carbocycles. The summed E-state index contributed by atoms with van der Waals surface area (Å²) in [6, 6.07) is 2.77. The number of ether oxygens (including phenoxy) is 3. The maximum Gasteiger partial charge on any atom is 0.334 e. The SMILES string of the molecule is C=C1C(=O)O[C@H]2[C@H]1CC/C(COC(=O)Cn1cc(F)c(=O)n(Cc3ccc(F)c(F)c3)c1=O)=C\CC[C@@]1(C)O[C@@H]21. The predicted molar refractivity (Wildman–Crippen MR) is 134 cm³/mol. The Hall–Kier alpha value is -3.93. The molecule has 4 atom stereocenters. The molecule has 0 N–H and O–H groups in total. The van der Waals surface area contributed by atoms with Crippen LogP contribution in [-0.4, -0.2) is 45.5 Å². The lowest BCUT2D eigenvalue weighted by Crippen LogP contribution is -2.42. The number of aromatic nitrogens is 2. The van der Waals surface area contributed by atoms with Crippen LogP contribution in [0.1, 0.15) is 38.2 Å². The van der Waals surface area contributed by atoms with E-state index < -0.39 is 65.4 Å². The maximum atomic E-state index is 14.3. The van der Waals surface area contributed by atoms with Crippen molar-refractivity contribution in [3.63, 3.8) is 0 Å². The van der Waals surface area contributed by atoms with Crippen LogP contribution < -0.4 is 11.2 Å². The van der Waals surface area contributed by atoms with Crippen molar-refractivity contribution >= 4 is 11.9 Å². The van der Waals surface area contributed by atoms with Crippen molar-refractivity contribution in [2.75, 3.05) is 6.61 Å². The first-order valence-electron chi connectivity index (χ1n) is 12.8. The summed E-state index contributed by atoms with van der Waals surface area (Å²) in [5, 5.41) is 0. The Kier molecular flexibility index (Phi) is 7.30. The topological polar surface area (TPSA) is 109 Å². The lowest BCUT2D eigenvalue weighted by atomic mass is 9.84. The Labute approximate surface area is 226 Å². The van der Waals surface area contributed by atoms with Crippen LogP contribution in [0.3, 0.4) is 0 Å². The van der Waals surface area contributed by atoms with Crippen molar-refractivity contribution in [1.82, 2.24) is 9.13 Å². The summed E-state index contributed by atoms with van der Waals surface area (Å²) in [4.78, 5) is 49.8. The average Bonchev–Trinajstić information content (AvgIpc) is 3.50. The first-order chi connectivity index (χ1) is 19.0. The smallest absolute Gasteiger partial charge is 0.334 e. The van der Waals surface area contributed by atoms with Crippen LogP contribution in [0.4, 0.5) is 13.2 Å². The summed E-state index contributed by atoms with van der Waals surface area (Å²) >= 11 is 0. The molecule has 212 valence electrons. The zero-order valence-corrected chi connectivity index (χ0v) is 21.7. The summed E-state index contributed by atoms with van der Waals surface area (Å²) in [5.74, 6) is -5.12. The normalized spacial score (nSPS) is 27.2. The number of rotatable bonds is 6. The van der Waals surface area contributed by atoms with E-state index in [0.29, 0.717) is 46.6 Å². The zero-order chi connectivity index (χ0) is 28.8. The molecule has 0 spiro atoms. The molecule has 1 aromatic carbocycles. The lowest BCUT2D eigenvalue weighted by molar-refractivity contribution is -0.143. The summed E-state index contributed by atoms with van der Waals surface area (Å²) in [6.45, 7) is 4.53. The van der Waals surface area contributed by atoms with Gasteiger partial charge in [0.25, 0.3) is 5.56 Å². The largest absolute Gasteiger partial charge is 0.460 e. The maximum absolute atomic E-state index is 14.3. The fourth-order valence-corrected chi connectivity index (χ4v) is 5.30. The summed E-state index contributed by atoms with van der Waals surface area (Å²) < 4.78 is 59.1.